The van der Waals surface area contributed by atoms with E-state index in [9.17, 15) is 9.59 Å². The van der Waals surface area contributed by atoms with Crippen LogP contribution in [0.15, 0.2) is 11.6 Å². The third-order valence-electron chi connectivity index (χ3n) is 8.71. The van der Waals surface area contributed by atoms with Crippen LogP contribution in [0, 0.1) is 34.5 Å². The number of ketones is 2. The second kappa shape index (κ2) is 5.97. The predicted octanol–water partition coefficient (Wildman–Crippen LogP) is 5.07. The van der Waals surface area contributed by atoms with Crippen molar-refractivity contribution in [3.05, 3.63) is 11.6 Å². The first-order valence-corrected chi connectivity index (χ1v) is 11.4. The van der Waals surface area contributed by atoms with Gasteiger partial charge in [0, 0.05) is 17.6 Å². The standard InChI is InChI=1S/C22H32O2S/c1-13(23)20-19(25-4)12-18-16-6-5-14-11-15(24)7-9-21(14,2)17(16)8-10-22(18,20)3/h11,16-20H,5-10,12H2,1-4H3/t16-,17+,18+,19-,20+,21+,22+/m1/s1. The van der Waals surface area contributed by atoms with Gasteiger partial charge in [0.15, 0.2) is 5.78 Å². The minimum absolute atomic E-state index is 0.197. The highest BCUT2D eigenvalue weighted by atomic mass is 32.2. The maximum Gasteiger partial charge on any atom is 0.155 e. The fourth-order valence-corrected chi connectivity index (χ4v) is 8.68. The molecular formula is C22H32O2S. The lowest BCUT2D eigenvalue weighted by Gasteiger charge is -2.58. The minimum Gasteiger partial charge on any atom is -0.300 e. The summed E-state index contributed by atoms with van der Waals surface area (Å²) in [4.78, 5) is 24.4. The molecule has 0 heterocycles. The summed E-state index contributed by atoms with van der Waals surface area (Å²) in [5.41, 5.74) is 1.88. The topological polar surface area (TPSA) is 34.1 Å². The van der Waals surface area contributed by atoms with Crippen molar-refractivity contribution in [2.24, 2.45) is 34.5 Å². The zero-order valence-corrected chi connectivity index (χ0v) is 17.0. The molecule has 2 nitrogen and oxygen atoms in total. The monoisotopic (exact) mass is 360 g/mol. The normalized spacial score (nSPS) is 49.0. The van der Waals surface area contributed by atoms with Crippen LogP contribution in [0.3, 0.4) is 0 Å². The van der Waals surface area contributed by atoms with Gasteiger partial charge in [-0.2, -0.15) is 11.8 Å². The number of hydrogen-bond donors (Lipinski definition) is 0. The molecule has 3 fully saturated rings. The number of rotatable bonds is 2. The minimum atomic E-state index is 0.197. The van der Waals surface area contributed by atoms with Gasteiger partial charge in [0.2, 0.25) is 0 Å². The van der Waals surface area contributed by atoms with E-state index in [0.717, 1.165) is 25.2 Å². The first kappa shape index (κ1) is 17.8. The summed E-state index contributed by atoms with van der Waals surface area (Å²) in [6, 6.07) is 0. The molecule has 7 atom stereocenters. The lowest BCUT2D eigenvalue weighted by molar-refractivity contribution is -0.128. The van der Waals surface area contributed by atoms with Crippen LogP contribution < -0.4 is 0 Å². The summed E-state index contributed by atoms with van der Waals surface area (Å²) in [7, 11) is 0. The van der Waals surface area contributed by atoms with E-state index in [4.69, 9.17) is 0 Å². The average molecular weight is 361 g/mol. The van der Waals surface area contributed by atoms with E-state index >= 15 is 0 Å². The molecule has 0 amide bonds. The fourth-order valence-electron chi connectivity index (χ4n) is 7.51. The average Bonchev–Trinajstić information content (AvgIpc) is 2.88. The lowest BCUT2D eigenvalue weighted by Crippen LogP contribution is -2.51. The molecule has 0 unspecified atom stereocenters. The van der Waals surface area contributed by atoms with E-state index in [0.29, 0.717) is 28.7 Å². The number of carbonyl (C=O) groups excluding carboxylic acids is 2. The van der Waals surface area contributed by atoms with Gasteiger partial charge in [0.25, 0.3) is 0 Å². The van der Waals surface area contributed by atoms with E-state index in [1.54, 1.807) is 0 Å². The van der Waals surface area contributed by atoms with Crippen LogP contribution in [0.1, 0.15) is 65.7 Å². The Labute approximate surface area is 156 Å². The Morgan fingerprint density at radius 3 is 2.60 bits per heavy atom. The van der Waals surface area contributed by atoms with Gasteiger partial charge in [-0.25, -0.2) is 0 Å². The zero-order valence-electron chi connectivity index (χ0n) is 16.1. The number of thioether (sulfide) groups is 1. The van der Waals surface area contributed by atoms with Gasteiger partial charge >= 0.3 is 0 Å². The second-order valence-electron chi connectivity index (χ2n) is 9.61. The Morgan fingerprint density at radius 1 is 1.16 bits per heavy atom. The molecule has 0 N–H and O–H groups in total. The first-order chi connectivity index (χ1) is 11.8. The summed E-state index contributed by atoms with van der Waals surface area (Å²) >= 11 is 1.92. The van der Waals surface area contributed by atoms with Crippen LogP contribution in [0.25, 0.3) is 0 Å². The third kappa shape index (κ3) is 2.44. The van der Waals surface area contributed by atoms with Crippen molar-refractivity contribution < 1.29 is 9.59 Å². The van der Waals surface area contributed by atoms with Crippen molar-refractivity contribution in [2.75, 3.05) is 6.26 Å². The van der Waals surface area contributed by atoms with E-state index < -0.39 is 0 Å². The van der Waals surface area contributed by atoms with E-state index in [-0.39, 0.29) is 16.7 Å². The van der Waals surface area contributed by atoms with Gasteiger partial charge in [0.1, 0.15) is 5.78 Å². The maximum atomic E-state index is 12.5. The number of allylic oxidation sites excluding steroid dienone is 1. The van der Waals surface area contributed by atoms with Crippen molar-refractivity contribution in [3.63, 3.8) is 0 Å². The molecule has 0 aromatic carbocycles. The lowest BCUT2D eigenvalue weighted by atomic mass is 9.46. The van der Waals surface area contributed by atoms with Crippen molar-refractivity contribution in [3.8, 4) is 0 Å². The molecule has 4 aliphatic carbocycles. The zero-order chi connectivity index (χ0) is 18.0. The number of Topliss-reactive ketones (excluding diaryl/α,β-unsaturated/α-hetero) is 1. The van der Waals surface area contributed by atoms with E-state index in [1.807, 2.05) is 24.8 Å². The van der Waals surface area contributed by atoms with Crippen LogP contribution in [-0.4, -0.2) is 23.1 Å². The number of fused-ring (bicyclic) bond motifs is 5. The van der Waals surface area contributed by atoms with Gasteiger partial charge in [-0.3, -0.25) is 9.59 Å². The Hall–Kier alpha value is -0.570. The quantitative estimate of drug-likeness (QED) is 0.690. The summed E-state index contributed by atoms with van der Waals surface area (Å²) in [6.45, 7) is 6.69. The SMILES string of the molecule is CS[C@@H]1C[C@H]2[C@@H]3CCC4=CC(=O)CC[C@]4(C)[C@H]3CC[C@]2(C)[C@H]1C(C)=O. The van der Waals surface area contributed by atoms with Gasteiger partial charge in [0.05, 0.1) is 0 Å². The molecule has 3 heteroatoms. The fraction of sp³-hybridized carbons (Fsp3) is 0.818. The highest BCUT2D eigenvalue weighted by molar-refractivity contribution is 7.99. The molecule has 0 saturated heterocycles. The summed E-state index contributed by atoms with van der Waals surface area (Å²) in [6.07, 6.45) is 11.9. The summed E-state index contributed by atoms with van der Waals surface area (Å²) in [5, 5.41) is 0.504. The summed E-state index contributed by atoms with van der Waals surface area (Å²) < 4.78 is 0. The van der Waals surface area contributed by atoms with Crippen molar-refractivity contribution in [2.45, 2.75) is 71.0 Å². The molecule has 4 rings (SSSR count). The smallest absolute Gasteiger partial charge is 0.155 e. The van der Waals surface area contributed by atoms with Crippen LogP contribution in [0.4, 0.5) is 0 Å². The molecule has 0 aliphatic heterocycles. The molecule has 25 heavy (non-hydrogen) atoms. The number of hydrogen-bond acceptors (Lipinski definition) is 3. The molecule has 0 aromatic rings. The molecule has 0 radical (unpaired) electrons. The highest BCUT2D eigenvalue weighted by Gasteiger charge is 2.62. The molecule has 138 valence electrons. The van der Waals surface area contributed by atoms with Gasteiger partial charge < -0.3 is 0 Å². The van der Waals surface area contributed by atoms with Gasteiger partial charge in [-0.15, -0.1) is 0 Å². The first-order valence-electron chi connectivity index (χ1n) is 10.1. The Kier molecular flexibility index (Phi) is 4.26. The largest absolute Gasteiger partial charge is 0.300 e. The highest BCUT2D eigenvalue weighted by Crippen LogP contribution is 2.67. The number of carbonyl (C=O) groups is 2. The third-order valence-corrected chi connectivity index (χ3v) is 9.78. The van der Waals surface area contributed by atoms with Crippen LogP contribution in [0.5, 0.6) is 0 Å². The molecule has 0 aromatic heterocycles. The van der Waals surface area contributed by atoms with Crippen molar-refractivity contribution in [1.29, 1.82) is 0 Å². The summed E-state index contributed by atoms with van der Waals surface area (Å²) in [5.74, 6) is 3.14. The van der Waals surface area contributed by atoms with E-state index in [1.165, 1.54) is 31.3 Å². The second-order valence-corrected chi connectivity index (χ2v) is 10.7. The predicted molar refractivity (Wildman–Crippen MR) is 104 cm³/mol. The Bertz CT molecular complexity index is 638. The Morgan fingerprint density at radius 2 is 1.92 bits per heavy atom. The van der Waals surface area contributed by atoms with Crippen LogP contribution in [-0.2, 0) is 9.59 Å². The maximum absolute atomic E-state index is 12.5. The molecule has 0 bridgehead atoms. The Balaban J connectivity index is 1.69. The van der Waals surface area contributed by atoms with Crippen molar-refractivity contribution >= 4 is 23.3 Å². The molecule has 4 aliphatic rings. The van der Waals surface area contributed by atoms with Crippen LogP contribution in [0.2, 0.25) is 0 Å². The van der Waals surface area contributed by atoms with Gasteiger partial charge in [-0.05, 0) is 86.4 Å². The van der Waals surface area contributed by atoms with Crippen molar-refractivity contribution in [1.82, 2.24) is 0 Å². The van der Waals surface area contributed by atoms with E-state index in [2.05, 4.69) is 20.1 Å². The van der Waals surface area contributed by atoms with Crippen LogP contribution >= 0.6 is 11.8 Å². The molecule has 3 saturated carbocycles. The molecular weight excluding hydrogens is 328 g/mol. The van der Waals surface area contributed by atoms with Gasteiger partial charge in [-0.1, -0.05) is 19.4 Å². The molecule has 0 spiro atoms.